The largest absolute Gasteiger partial charge is 0.351 e. The van der Waals surface area contributed by atoms with Crippen molar-refractivity contribution < 1.29 is 0 Å². The van der Waals surface area contributed by atoms with Gasteiger partial charge in [-0.15, -0.1) is 11.6 Å². The molecule has 18 heavy (non-hydrogen) atoms. The van der Waals surface area contributed by atoms with Crippen LogP contribution in [-0.2, 0) is 0 Å². The molecule has 1 atom stereocenters. The molecule has 0 amide bonds. The van der Waals surface area contributed by atoms with Crippen LogP contribution in [0.2, 0.25) is 0 Å². The highest BCUT2D eigenvalue weighted by Gasteiger charge is 2.14. The Balaban J connectivity index is 2.88. The third-order valence-corrected chi connectivity index (χ3v) is 3.22. The average Bonchev–Trinajstić information content (AvgIpc) is 2.27. The average molecular weight is 270 g/mol. The van der Waals surface area contributed by atoms with Gasteiger partial charge >= 0.3 is 0 Å². The van der Waals surface area contributed by atoms with E-state index in [1.807, 2.05) is 13.0 Å². The van der Waals surface area contributed by atoms with Crippen molar-refractivity contribution in [1.29, 1.82) is 0 Å². The first-order chi connectivity index (χ1) is 8.43. The Hall–Kier alpha value is -0.830. The van der Waals surface area contributed by atoms with Crippen molar-refractivity contribution in [2.75, 3.05) is 11.2 Å². The summed E-state index contributed by atoms with van der Waals surface area (Å²) in [5.41, 5.74) is 2.09. The molecule has 0 aliphatic heterocycles. The van der Waals surface area contributed by atoms with Crippen molar-refractivity contribution >= 4 is 17.5 Å². The van der Waals surface area contributed by atoms with E-state index in [4.69, 9.17) is 11.6 Å². The minimum atomic E-state index is 0.323. The molecule has 0 radical (unpaired) electrons. The van der Waals surface area contributed by atoms with Gasteiger partial charge in [-0.25, -0.2) is 9.97 Å². The van der Waals surface area contributed by atoms with Crippen LogP contribution in [0.1, 0.15) is 51.4 Å². The SMILES string of the molecule is Cc1cc(C(C)C)nc(NC(CCCl)C(C)C)n1. The molecule has 102 valence electrons. The van der Waals surface area contributed by atoms with E-state index in [2.05, 4.69) is 43.0 Å². The van der Waals surface area contributed by atoms with Crippen molar-refractivity contribution in [2.45, 2.75) is 53.0 Å². The van der Waals surface area contributed by atoms with E-state index in [1.54, 1.807) is 0 Å². The molecule has 4 heteroatoms. The van der Waals surface area contributed by atoms with Crippen LogP contribution in [0.3, 0.4) is 0 Å². The van der Waals surface area contributed by atoms with Crippen LogP contribution < -0.4 is 5.32 Å². The van der Waals surface area contributed by atoms with Gasteiger partial charge in [0.25, 0.3) is 0 Å². The van der Waals surface area contributed by atoms with Gasteiger partial charge in [-0.1, -0.05) is 27.7 Å². The van der Waals surface area contributed by atoms with E-state index in [-0.39, 0.29) is 0 Å². The maximum absolute atomic E-state index is 5.84. The highest BCUT2D eigenvalue weighted by molar-refractivity contribution is 6.17. The molecule has 1 aromatic heterocycles. The molecule has 0 fully saturated rings. The van der Waals surface area contributed by atoms with Gasteiger partial charge in [0.05, 0.1) is 0 Å². The lowest BCUT2D eigenvalue weighted by atomic mass is 10.0. The van der Waals surface area contributed by atoms with Gasteiger partial charge in [0.1, 0.15) is 0 Å². The molecule has 0 aliphatic rings. The Kier molecular flexibility index (Phi) is 5.86. The normalized spacial score (nSPS) is 13.1. The minimum Gasteiger partial charge on any atom is -0.351 e. The Morgan fingerprint density at radius 3 is 2.39 bits per heavy atom. The monoisotopic (exact) mass is 269 g/mol. The summed E-state index contributed by atoms with van der Waals surface area (Å²) in [6, 6.07) is 2.37. The van der Waals surface area contributed by atoms with Crippen LogP contribution in [0.15, 0.2) is 6.07 Å². The zero-order valence-corrected chi connectivity index (χ0v) is 12.8. The number of nitrogens with zero attached hydrogens (tertiary/aromatic N) is 2. The third-order valence-electron chi connectivity index (χ3n) is 3.00. The Morgan fingerprint density at radius 1 is 1.22 bits per heavy atom. The highest BCUT2D eigenvalue weighted by atomic mass is 35.5. The topological polar surface area (TPSA) is 37.8 Å². The Labute approximate surface area is 115 Å². The molecule has 1 rings (SSSR count). The van der Waals surface area contributed by atoms with Gasteiger partial charge in [0.15, 0.2) is 0 Å². The molecule has 0 saturated heterocycles. The van der Waals surface area contributed by atoms with Crippen LogP contribution >= 0.6 is 11.6 Å². The number of nitrogens with one attached hydrogen (secondary N) is 1. The van der Waals surface area contributed by atoms with E-state index < -0.39 is 0 Å². The third kappa shape index (κ3) is 4.45. The predicted octanol–water partition coefficient (Wildman–Crippen LogP) is 3.97. The van der Waals surface area contributed by atoms with Crippen LogP contribution in [0, 0.1) is 12.8 Å². The van der Waals surface area contributed by atoms with Gasteiger partial charge in [-0.05, 0) is 31.2 Å². The standard InChI is InChI=1S/C14H24ClN3/c1-9(2)12(6-7-15)17-14-16-11(5)8-13(18-14)10(3)4/h8-10,12H,6-7H2,1-5H3,(H,16,17,18). The van der Waals surface area contributed by atoms with Crippen LogP contribution in [0.4, 0.5) is 5.95 Å². The summed E-state index contributed by atoms with van der Waals surface area (Å²) in [6.07, 6.45) is 0.924. The molecule has 1 N–H and O–H groups in total. The Bertz CT molecular complexity index is 377. The number of halogens is 1. The smallest absolute Gasteiger partial charge is 0.223 e. The fourth-order valence-corrected chi connectivity index (χ4v) is 2.04. The first kappa shape index (κ1) is 15.2. The molecule has 0 spiro atoms. The quantitative estimate of drug-likeness (QED) is 0.794. The molecule has 3 nitrogen and oxygen atoms in total. The number of rotatable bonds is 6. The van der Waals surface area contributed by atoms with Crippen LogP contribution in [0.5, 0.6) is 0 Å². The number of hydrogen-bond acceptors (Lipinski definition) is 3. The molecule has 0 bridgehead atoms. The van der Waals surface area contributed by atoms with Crippen molar-refractivity contribution in [3.63, 3.8) is 0 Å². The van der Waals surface area contributed by atoms with Gasteiger partial charge in [0, 0.05) is 23.3 Å². The van der Waals surface area contributed by atoms with Crippen LogP contribution in [-0.4, -0.2) is 21.9 Å². The molecule has 1 unspecified atom stereocenters. The first-order valence-corrected chi connectivity index (χ1v) is 7.15. The lowest BCUT2D eigenvalue weighted by Crippen LogP contribution is -2.27. The second-order valence-electron chi connectivity index (χ2n) is 5.39. The summed E-state index contributed by atoms with van der Waals surface area (Å²) >= 11 is 5.84. The van der Waals surface area contributed by atoms with Crippen molar-refractivity contribution in [3.8, 4) is 0 Å². The molecule has 1 aromatic rings. The molecule has 0 saturated carbocycles. The number of aryl methyl sites for hydroxylation is 1. The number of hydrogen-bond donors (Lipinski definition) is 1. The Morgan fingerprint density at radius 2 is 1.89 bits per heavy atom. The maximum atomic E-state index is 5.84. The zero-order valence-electron chi connectivity index (χ0n) is 12.0. The maximum Gasteiger partial charge on any atom is 0.223 e. The van der Waals surface area contributed by atoms with E-state index in [1.165, 1.54) is 0 Å². The fourth-order valence-electron chi connectivity index (χ4n) is 1.81. The number of aromatic nitrogens is 2. The van der Waals surface area contributed by atoms with E-state index >= 15 is 0 Å². The van der Waals surface area contributed by atoms with E-state index in [9.17, 15) is 0 Å². The lowest BCUT2D eigenvalue weighted by molar-refractivity contribution is 0.509. The summed E-state index contributed by atoms with van der Waals surface area (Å²) in [4.78, 5) is 9.03. The lowest BCUT2D eigenvalue weighted by Gasteiger charge is -2.22. The second kappa shape index (κ2) is 6.93. The summed E-state index contributed by atoms with van der Waals surface area (Å²) in [6.45, 7) is 10.7. The van der Waals surface area contributed by atoms with Crippen molar-refractivity contribution in [2.24, 2.45) is 5.92 Å². The first-order valence-electron chi connectivity index (χ1n) is 6.62. The van der Waals surface area contributed by atoms with E-state index in [0.717, 1.165) is 23.8 Å². The summed E-state index contributed by atoms with van der Waals surface area (Å²) in [7, 11) is 0. The van der Waals surface area contributed by atoms with Gasteiger partial charge < -0.3 is 5.32 Å². The molecule has 0 aromatic carbocycles. The summed E-state index contributed by atoms with van der Waals surface area (Å²) in [5.74, 6) is 2.30. The molecule has 1 heterocycles. The fraction of sp³-hybridized carbons (Fsp3) is 0.714. The van der Waals surface area contributed by atoms with Crippen molar-refractivity contribution in [3.05, 3.63) is 17.5 Å². The van der Waals surface area contributed by atoms with Gasteiger partial charge in [-0.2, -0.15) is 0 Å². The van der Waals surface area contributed by atoms with E-state index in [0.29, 0.717) is 23.8 Å². The van der Waals surface area contributed by atoms with Gasteiger partial charge in [-0.3, -0.25) is 0 Å². The zero-order chi connectivity index (χ0) is 13.7. The highest BCUT2D eigenvalue weighted by Crippen LogP contribution is 2.17. The minimum absolute atomic E-state index is 0.323. The van der Waals surface area contributed by atoms with Crippen molar-refractivity contribution in [1.82, 2.24) is 9.97 Å². The van der Waals surface area contributed by atoms with Gasteiger partial charge in [0.2, 0.25) is 5.95 Å². The molecular formula is C14H24ClN3. The number of alkyl halides is 1. The predicted molar refractivity (Wildman–Crippen MR) is 78.4 cm³/mol. The number of anilines is 1. The second-order valence-corrected chi connectivity index (χ2v) is 5.76. The molecular weight excluding hydrogens is 246 g/mol. The summed E-state index contributed by atoms with van der Waals surface area (Å²) in [5, 5.41) is 3.41. The van der Waals surface area contributed by atoms with Crippen LogP contribution in [0.25, 0.3) is 0 Å². The summed E-state index contributed by atoms with van der Waals surface area (Å²) < 4.78 is 0. The molecule has 0 aliphatic carbocycles.